The van der Waals surface area contributed by atoms with E-state index < -0.39 is 21.8 Å². The van der Waals surface area contributed by atoms with Gasteiger partial charge in [0.15, 0.2) is 0 Å². The molecular formula is C12H18ClFN2O4S. The van der Waals surface area contributed by atoms with E-state index in [1.54, 1.807) is 0 Å². The van der Waals surface area contributed by atoms with E-state index >= 15 is 0 Å². The molecule has 120 valence electrons. The smallest absolute Gasteiger partial charge is 0.339 e. The van der Waals surface area contributed by atoms with Crippen LogP contribution < -0.4 is 10.0 Å². The lowest BCUT2D eigenvalue weighted by molar-refractivity contribution is 0.0595. The summed E-state index contributed by atoms with van der Waals surface area (Å²) >= 11 is 0. The number of sulfonamides is 1. The van der Waals surface area contributed by atoms with Crippen molar-refractivity contribution in [3.8, 4) is 0 Å². The van der Waals surface area contributed by atoms with E-state index in [-0.39, 0.29) is 29.4 Å². The average Bonchev–Trinajstić information content (AvgIpc) is 2.42. The maximum absolute atomic E-state index is 13.2. The number of rotatable bonds is 7. The van der Waals surface area contributed by atoms with Crippen LogP contribution in [0.2, 0.25) is 0 Å². The number of likely N-dealkylation sites (N-methyl/N-ethyl adjacent to an activating group) is 1. The Balaban J connectivity index is 0.00000400. The van der Waals surface area contributed by atoms with Gasteiger partial charge in [-0.05, 0) is 24.7 Å². The van der Waals surface area contributed by atoms with Crippen LogP contribution in [-0.2, 0) is 14.8 Å². The van der Waals surface area contributed by atoms with Gasteiger partial charge in [-0.3, -0.25) is 0 Å². The number of hydrogen-bond donors (Lipinski definition) is 2. The van der Waals surface area contributed by atoms with Gasteiger partial charge in [-0.15, -0.1) is 12.4 Å². The second-order valence-electron chi connectivity index (χ2n) is 3.88. The molecule has 0 saturated heterocycles. The van der Waals surface area contributed by atoms with Gasteiger partial charge in [0, 0.05) is 13.1 Å². The standard InChI is InChI=1S/C12H17FN2O4S.ClH/c1-3-14-6-7-15-20(17,18)11-5-4-9(13)8-10(11)12(16)19-2;/h4-5,8,14-15H,3,6-7H2,1-2H3;1H. The van der Waals surface area contributed by atoms with Crippen molar-refractivity contribution >= 4 is 28.4 Å². The first-order valence-electron chi connectivity index (χ1n) is 6.00. The number of carbonyl (C=O) groups is 1. The lowest BCUT2D eigenvalue weighted by Crippen LogP contribution is -2.32. The van der Waals surface area contributed by atoms with E-state index in [2.05, 4.69) is 14.8 Å². The molecule has 1 aromatic carbocycles. The summed E-state index contributed by atoms with van der Waals surface area (Å²) in [6, 6.07) is 2.85. The number of methoxy groups -OCH3 is 1. The topological polar surface area (TPSA) is 84.5 Å². The first-order chi connectivity index (χ1) is 9.42. The minimum Gasteiger partial charge on any atom is -0.465 e. The van der Waals surface area contributed by atoms with Crippen LogP contribution in [0.1, 0.15) is 17.3 Å². The number of carbonyl (C=O) groups excluding carboxylic acids is 1. The van der Waals surface area contributed by atoms with Crippen molar-refractivity contribution in [1.29, 1.82) is 0 Å². The second kappa shape index (κ2) is 8.93. The van der Waals surface area contributed by atoms with Gasteiger partial charge in [0.1, 0.15) is 5.82 Å². The van der Waals surface area contributed by atoms with Crippen LogP contribution in [-0.4, -0.2) is 41.1 Å². The molecule has 0 fully saturated rings. The Kier molecular flexibility index (Phi) is 8.41. The predicted molar refractivity (Wildman–Crippen MR) is 78.7 cm³/mol. The molecule has 0 aliphatic rings. The van der Waals surface area contributed by atoms with Gasteiger partial charge in [-0.25, -0.2) is 22.3 Å². The molecule has 1 aromatic rings. The molecule has 0 unspecified atom stereocenters. The highest BCUT2D eigenvalue weighted by atomic mass is 35.5. The molecule has 0 saturated carbocycles. The van der Waals surface area contributed by atoms with Crippen molar-refractivity contribution in [3.63, 3.8) is 0 Å². The van der Waals surface area contributed by atoms with Gasteiger partial charge in [0.25, 0.3) is 0 Å². The minimum atomic E-state index is -3.90. The van der Waals surface area contributed by atoms with Crippen molar-refractivity contribution in [2.24, 2.45) is 0 Å². The molecule has 21 heavy (non-hydrogen) atoms. The lowest BCUT2D eigenvalue weighted by atomic mass is 10.2. The lowest BCUT2D eigenvalue weighted by Gasteiger charge is -2.10. The molecule has 0 aromatic heterocycles. The van der Waals surface area contributed by atoms with Crippen molar-refractivity contribution in [2.75, 3.05) is 26.7 Å². The first-order valence-corrected chi connectivity index (χ1v) is 7.49. The fraction of sp³-hybridized carbons (Fsp3) is 0.417. The number of benzene rings is 1. The van der Waals surface area contributed by atoms with E-state index in [0.29, 0.717) is 13.1 Å². The fourth-order valence-electron chi connectivity index (χ4n) is 1.53. The summed E-state index contributed by atoms with van der Waals surface area (Å²) < 4.78 is 44.1. The average molecular weight is 341 g/mol. The molecule has 0 atom stereocenters. The Hall–Kier alpha value is -1.22. The first kappa shape index (κ1) is 19.8. The van der Waals surface area contributed by atoms with Gasteiger partial charge in [0.05, 0.1) is 17.6 Å². The summed E-state index contributed by atoms with van der Waals surface area (Å²) in [6.07, 6.45) is 0. The Labute approximate surface area is 129 Å². The summed E-state index contributed by atoms with van der Waals surface area (Å²) in [5.41, 5.74) is -0.330. The predicted octanol–water partition coefficient (Wildman–Crippen LogP) is 0.922. The molecule has 0 aliphatic heterocycles. The molecule has 0 radical (unpaired) electrons. The number of halogens is 2. The largest absolute Gasteiger partial charge is 0.465 e. The molecule has 0 aliphatic carbocycles. The van der Waals surface area contributed by atoms with Gasteiger partial charge in [0.2, 0.25) is 10.0 Å². The summed E-state index contributed by atoms with van der Waals surface area (Å²) in [5.74, 6) is -1.62. The van der Waals surface area contributed by atoms with E-state index in [1.165, 1.54) is 0 Å². The Bertz CT molecular complexity index is 581. The zero-order valence-corrected chi connectivity index (χ0v) is 13.3. The van der Waals surface area contributed by atoms with Gasteiger partial charge >= 0.3 is 5.97 Å². The van der Waals surface area contributed by atoms with Crippen LogP contribution in [0.15, 0.2) is 23.1 Å². The number of esters is 1. The fourth-order valence-corrected chi connectivity index (χ4v) is 2.74. The quantitative estimate of drug-likeness (QED) is 0.569. The van der Waals surface area contributed by atoms with E-state index in [0.717, 1.165) is 25.3 Å². The SMILES string of the molecule is CCNCCNS(=O)(=O)c1ccc(F)cc1C(=O)OC.Cl. The highest BCUT2D eigenvalue weighted by Crippen LogP contribution is 2.17. The van der Waals surface area contributed by atoms with Crippen LogP contribution in [0.5, 0.6) is 0 Å². The Morgan fingerprint density at radius 3 is 2.57 bits per heavy atom. The Morgan fingerprint density at radius 2 is 2.00 bits per heavy atom. The van der Waals surface area contributed by atoms with Crippen LogP contribution >= 0.6 is 12.4 Å². The van der Waals surface area contributed by atoms with Gasteiger partial charge in [-0.2, -0.15) is 0 Å². The zero-order valence-electron chi connectivity index (χ0n) is 11.7. The van der Waals surface area contributed by atoms with Crippen molar-refractivity contribution in [1.82, 2.24) is 10.0 Å². The van der Waals surface area contributed by atoms with Crippen LogP contribution in [0.25, 0.3) is 0 Å². The van der Waals surface area contributed by atoms with Crippen molar-refractivity contribution < 1.29 is 22.3 Å². The minimum absolute atomic E-state index is 0. The number of ether oxygens (including phenoxy) is 1. The van der Waals surface area contributed by atoms with E-state index in [1.807, 2.05) is 6.92 Å². The van der Waals surface area contributed by atoms with Gasteiger partial charge < -0.3 is 10.1 Å². The second-order valence-corrected chi connectivity index (χ2v) is 5.62. The number of hydrogen-bond acceptors (Lipinski definition) is 5. The van der Waals surface area contributed by atoms with E-state index in [4.69, 9.17) is 0 Å². The maximum Gasteiger partial charge on any atom is 0.339 e. The van der Waals surface area contributed by atoms with Crippen molar-refractivity contribution in [2.45, 2.75) is 11.8 Å². The van der Waals surface area contributed by atoms with Crippen LogP contribution in [0.3, 0.4) is 0 Å². The summed E-state index contributed by atoms with van der Waals surface area (Å²) in [7, 11) is -2.80. The normalized spacial score (nSPS) is 10.8. The summed E-state index contributed by atoms with van der Waals surface area (Å²) in [5, 5.41) is 2.95. The molecule has 0 heterocycles. The third-order valence-corrected chi connectivity index (χ3v) is 4.00. The molecule has 0 bridgehead atoms. The molecule has 6 nitrogen and oxygen atoms in total. The maximum atomic E-state index is 13.2. The zero-order chi connectivity index (χ0) is 15.2. The molecule has 0 amide bonds. The Morgan fingerprint density at radius 1 is 1.33 bits per heavy atom. The third kappa shape index (κ3) is 5.58. The molecule has 0 spiro atoms. The highest BCUT2D eigenvalue weighted by Gasteiger charge is 2.23. The third-order valence-electron chi connectivity index (χ3n) is 2.48. The van der Waals surface area contributed by atoms with Crippen LogP contribution in [0.4, 0.5) is 4.39 Å². The summed E-state index contributed by atoms with van der Waals surface area (Å²) in [4.78, 5) is 11.2. The molecule has 9 heteroatoms. The molecular weight excluding hydrogens is 323 g/mol. The molecule has 1 rings (SSSR count). The monoisotopic (exact) mass is 340 g/mol. The van der Waals surface area contributed by atoms with E-state index in [9.17, 15) is 17.6 Å². The molecule has 2 N–H and O–H groups in total. The van der Waals surface area contributed by atoms with Crippen LogP contribution in [0, 0.1) is 5.82 Å². The van der Waals surface area contributed by atoms with Crippen molar-refractivity contribution in [3.05, 3.63) is 29.6 Å². The van der Waals surface area contributed by atoms with Gasteiger partial charge in [-0.1, -0.05) is 6.92 Å². The number of nitrogens with one attached hydrogen (secondary N) is 2. The highest BCUT2D eigenvalue weighted by molar-refractivity contribution is 7.89. The summed E-state index contributed by atoms with van der Waals surface area (Å²) in [6.45, 7) is 3.22.